The van der Waals surface area contributed by atoms with Gasteiger partial charge in [0.05, 0.1) is 5.92 Å². The van der Waals surface area contributed by atoms with E-state index in [2.05, 4.69) is 10.6 Å². The molecule has 0 radical (unpaired) electrons. The van der Waals surface area contributed by atoms with Crippen LogP contribution in [-0.4, -0.2) is 39.4 Å². The minimum Gasteiger partial charge on any atom is -0.478 e. The van der Waals surface area contributed by atoms with Gasteiger partial charge in [-0.15, -0.1) is 0 Å². The fourth-order valence-corrected chi connectivity index (χ4v) is 4.65. The lowest BCUT2D eigenvalue weighted by Gasteiger charge is -2.33. The van der Waals surface area contributed by atoms with Crippen molar-refractivity contribution in [1.29, 1.82) is 0 Å². The minimum absolute atomic E-state index is 0.130. The summed E-state index contributed by atoms with van der Waals surface area (Å²) in [5.74, 6) is -3.22. The van der Waals surface area contributed by atoms with Gasteiger partial charge in [-0.1, -0.05) is 90.6 Å². The van der Waals surface area contributed by atoms with E-state index in [9.17, 15) is 24.3 Å². The lowest BCUT2D eigenvalue weighted by Crippen LogP contribution is -2.61. The number of primary amides is 1. The SMILES string of the molecule is NC(=O)CC[C@@](NC(=O)C(CSC(=O)c1ccccc1)Cc1ccccc1)(Nc1ccccc1)C(=O)O. The van der Waals surface area contributed by atoms with Gasteiger partial charge in [0.15, 0.2) is 0 Å². The second-order valence-corrected chi connectivity index (χ2v) is 9.50. The Balaban J connectivity index is 1.86. The third-order valence-corrected chi connectivity index (χ3v) is 6.77. The van der Waals surface area contributed by atoms with Crippen LogP contribution in [0.3, 0.4) is 0 Å². The summed E-state index contributed by atoms with van der Waals surface area (Å²) in [6, 6.07) is 26.5. The number of anilines is 1. The quantitative estimate of drug-likeness (QED) is 0.253. The molecule has 0 saturated heterocycles. The van der Waals surface area contributed by atoms with Crippen LogP contribution in [0.1, 0.15) is 28.8 Å². The molecule has 0 aliphatic rings. The van der Waals surface area contributed by atoms with Crippen LogP contribution in [0.25, 0.3) is 0 Å². The predicted molar refractivity (Wildman–Crippen MR) is 144 cm³/mol. The Morgan fingerprint density at radius 3 is 2.00 bits per heavy atom. The number of benzene rings is 3. The fourth-order valence-electron chi connectivity index (χ4n) is 3.72. The number of amides is 2. The third-order valence-electron chi connectivity index (χ3n) is 5.70. The van der Waals surface area contributed by atoms with E-state index in [4.69, 9.17) is 5.73 Å². The standard InChI is InChI=1S/C28H29N3O5S/c29-24(32)16-17-28(27(35)36,30-23-14-8-3-9-15-23)31-25(33)22(18-20-10-4-1-5-11-20)19-37-26(34)21-12-6-2-7-13-21/h1-15,22,30H,16-19H2,(H2,29,32)(H,31,33)(H,35,36)/t22?,28-/m0/s1. The lowest BCUT2D eigenvalue weighted by atomic mass is 9.97. The monoisotopic (exact) mass is 519 g/mol. The lowest BCUT2D eigenvalue weighted by molar-refractivity contribution is -0.147. The zero-order valence-corrected chi connectivity index (χ0v) is 20.9. The average Bonchev–Trinajstić information content (AvgIpc) is 2.91. The van der Waals surface area contributed by atoms with Crippen molar-refractivity contribution in [3.8, 4) is 0 Å². The van der Waals surface area contributed by atoms with Crippen molar-refractivity contribution in [3.63, 3.8) is 0 Å². The van der Waals surface area contributed by atoms with Gasteiger partial charge in [0, 0.05) is 29.8 Å². The van der Waals surface area contributed by atoms with Gasteiger partial charge < -0.3 is 21.5 Å². The molecular formula is C28H29N3O5S. The van der Waals surface area contributed by atoms with Crippen LogP contribution in [0.2, 0.25) is 0 Å². The maximum absolute atomic E-state index is 13.6. The number of rotatable bonds is 13. The zero-order chi connectivity index (χ0) is 26.7. The highest BCUT2D eigenvalue weighted by molar-refractivity contribution is 8.14. The van der Waals surface area contributed by atoms with Gasteiger partial charge in [-0.3, -0.25) is 14.4 Å². The van der Waals surface area contributed by atoms with Crippen molar-refractivity contribution >= 4 is 40.3 Å². The van der Waals surface area contributed by atoms with E-state index in [1.165, 1.54) is 0 Å². The van der Waals surface area contributed by atoms with E-state index in [0.29, 0.717) is 17.7 Å². The van der Waals surface area contributed by atoms with Crippen molar-refractivity contribution < 1.29 is 24.3 Å². The molecule has 5 N–H and O–H groups in total. The summed E-state index contributed by atoms with van der Waals surface area (Å²) in [7, 11) is 0. The normalized spacial score (nSPS) is 13.1. The van der Waals surface area contributed by atoms with E-state index in [1.54, 1.807) is 54.6 Å². The van der Waals surface area contributed by atoms with Gasteiger partial charge in [-0.2, -0.15) is 0 Å². The summed E-state index contributed by atoms with van der Waals surface area (Å²) in [5, 5.41) is 15.5. The first kappa shape index (κ1) is 27.5. The van der Waals surface area contributed by atoms with Crippen molar-refractivity contribution in [2.24, 2.45) is 11.7 Å². The molecule has 0 fully saturated rings. The van der Waals surface area contributed by atoms with E-state index < -0.39 is 29.4 Å². The highest BCUT2D eigenvalue weighted by atomic mass is 32.2. The minimum atomic E-state index is -1.99. The smallest absolute Gasteiger partial charge is 0.350 e. The molecule has 0 saturated carbocycles. The van der Waals surface area contributed by atoms with Crippen LogP contribution in [-0.2, 0) is 20.8 Å². The number of thioether (sulfide) groups is 1. The first-order valence-corrected chi connectivity index (χ1v) is 12.7. The molecule has 9 heteroatoms. The van der Waals surface area contributed by atoms with Crippen molar-refractivity contribution in [2.45, 2.75) is 24.9 Å². The molecule has 0 aromatic heterocycles. The molecule has 1 unspecified atom stereocenters. The van der Waals surface area contributed by atoms with Crippen LogP contribution in [0.15, 0.2) is 91.0 Å². The first-order chi connectivity index (χ1) is 17.8. The number of nitrogens with one attached hydrogen (secondary N) is 2. The summed E-state index contributed by atoms with van der Waals surface area (Å²) in [6.07, 6.45) is -0.248. The Morgan fingerprint density at radius 2 is 1.43 bits per heavy atom. The molecule has 37 heavy (non-hydrogen) atoms. The zero-order valence-electron chi connectivity index (χ0n) is 20.1. The molecule has 8 nitrogen and oxygen atoms in total. The maximum Gasteiger partial charge on any atom is 0.350 e. The van der Waals surface area contributed by atoms with Gasteiger partial charge >= 0.3 is 5.97 Å². The number of carboxylic acid groups (broad SMARTS) is 1. The molecular weight excluding hydrogens is 490 g/mol. The molecule has 0 spiro atoms. The molecule has 3 aromatic rings. The Hall–Kier alpha value is -4.11. The topological polar surface area (TPSA) is 139 Å². The van der Waals surface area contributed by atoms with Crippen LogP contribution >= 0.6 is 11.8 Å². The third kappa shape index (κ3) is 8.22. The van der Waals surface area contributed by atoms with Gasteiger partial charge in [-0.05, 0) is 24.1 Å². The van der Waals surface area contributed by atoms with Crippen LogP contribution in [0, 0.1) is 5.92 Å². The largest absolute Gasteiger partial charge is 0.478 e. The van der Waals surface area contributed by atoms with Crippen molar-refractivity contribution in [3.05, 3.63) is 102 Å². The maximum atomic E-state index is 13.6. The second-order valence-electron chi connectivity index (χ2n) is 8.51. The van der Waals surface area contributed by atoms with E-state index in [0.717, 1.165) is 17.3 Å². The van der Waals surface area contributed by atoms with Gasteiger partial charge in [0.2, 0.25) is 22.6 Å². The number of nitrogens with two attached hydrogens (primary N) is 1. The molecule has 3 rings (SSSR count). The molecule has 192 valence electrons. The Morgan fingerprint density at radius 1 is 0.865 bits per heavy atom. The first-order valence-electron chi connectivity index (χ1n) is 11.7. The van der Waals surface area contributed by atoms with Gasteiger partial charge in [-0.25, -0.2) is 4.79 Å². The van der Waals surface area contributed by atoms with Gasteiger partial charge in [0.1, 0.15) is 0 Å². The van der Waals surface area contributed by atoms with E-state index in [1.807, 2.05) is 36.4 Å². The number of hydrogen-bond acceptors (Lipinski definition) is 6. The fraction of sp³-hybridized carbons (Fsp3) is 0.214. The summed E-state index contributed by atoms with van der Waals surface area (Å²) in [5.41, 5.74) is 5.14. The van der Waals surface area contributed by atoms with E-state index >= 15 is 0 Å². The van der Waals surface area contributed by atoms with Crippen LogP contribution < -0.4 is 16.4 Å². The molecule has 0 heterocycles. The number of carbonyl (C=O) groups is 4. The van der Waals surface area contributed by atoms with Crippen molar-refractivity contribution in [1.82, 2.24) is 5.32 Å². The van der Waals surface area contributed by atoms with Crippen LogP contribution in [0.5, 0.6) is 0 Å². The van der Waals surface area contributed by atoms with E-state index in [-0.39, 0.29) is 23.7 Å². The Labute approximate surface area is 219 Å². The summed E-state index contributed by atoms with van der Waals surface area (Å²) in [6.45, 7) is 0. The second kappa shape index (κ2) is 13.3. The number of para-hydroxylation sites is 1. The molecule has 2 amide bonds. The Kier molecular flexibility index (Phi) is 9.85. The molecule has 2 atom stereocenters. The number of carbonyl (C=O) groups excluding carboxylic acids is 3. The van der Waals surface area contributed by atoms with Gasteiger partial charge in [0.25, 0.3) is 0 Å². The Bertz CT molecular complexity index is 1210. The number of hydrogen-bond donors (Lipinski definition) is 4. The summed E-state index contributed by atoms with van der Waals surface area (Å²) < 4.78 is 0. The molecule has 0 aliphatic carbocycles. The highest BCUT2D eigenvalue weighted by Crippen LogP contribution is 2.23. The molecule has 3 aromatic carbocycles. The van der Waals surface area contributed by atoms with Crippen LogP contribution in [0.4, 0.5) is 5.69 Å². The number of carboxylic acids is 1. The summed E-state index contributed by atoms with van der Waals surface area (Å²) >= 11 is 1.00. The van der Waals surface area contributed by atoms with Crippen molar-refractivity contribution in [2.75, 3.05) is 11.1 Å². The highest BCUT2D eigenvalue weighted by Gasteiger charge is 2.42. The summed E-state index contributed by atoms with van der Waals surface area (Å²) in [4.78, 5) is 50.4. The molecule has 0 bridgehead atoms. The number of aliphatic carboxylic acids is 1. The molecule has 0 aliphatic heterocycles. The predicted octanol–water partition coefficient (Wildman–Crippen LogP) is 3.69. The average molecular weight is 520 g/mol.